The van der Waals surface area contributed by atoms with Crippen LogP contribution in [-0.2, 0) is 14.3 Å². The summed E-state index contributed by atoms with van der Waals surface area (Å²) in [5.41, 5.74) is 4.25. The third kappa shape index (κ3) is 3.04. The molecule has 0 fully saturated rings. The van der Waals surface area contributed by atoms with Crippen molar-refractivity contribution in [3.05, 3.63) is 22.5 Å². The van der Waals surface area contributed by atoms with Crippen LogP contribution in [0.3, 0.4) is 0 Å². The minimum absolute atomic E-state index is 0.113. The van der Waals surface area contributed by atoms with Crippen LogP contribution in [0, 0.1) is 5.82 Å². The van der Waals surface area contributed by atoms with Gasteiger partial charge < -0.3 is 15.2 Å². The van der Waals surface area contributed by atoms with E-state index in [2.05, 4.69) is 4.98 Å². The van der Waals surface area contributed by atoms with Crippen LogP contribution >= 0.6 is 0 Å². The van der Waals surface area contributed by atoms with Crippen molar-refractivity contribution >= 4 is 11.8 Å². The lowest BCUT2D eigenvalue weighted by Crippen LogP contribution is -2.35. The van der Waals surface area contributed by atoms with Crippen LogP contribution in [-0.4, -0.2) is 28.7 Å². The molecule has 100 valence electrons. The molecule has 1 rings (SSSR count). The van der Waals surface area contributed by atoms with E-state index in [1.807, 2.05) is 0 Å². The number of esters is 1. The first-order valence-corrected chi connectivity index (χ1v) is 5.33. The van der Waals surface area contributed by atoms with Gasteiger partial charge in [0.2, 0.25) is 6.23 Å². The quantitative estimate of drug-likeness (QED) is 0.751. The highest BCUT2D eigenvalue weighted by Gasteiger charge is 2.24. The highest BCUT2D eigenvalue weighted by Crippen LogP contribution is 2.11. The summed E-state index contributed by atoms with van der Waals surface area (Å²) >= 11 is 0. The Hall–Kier alpha value is -1.96. The molecule has 1 aromatic rings. The highest BCUT2D eigenvalue weighted by molar-refractivity contribution is 5.72. The van der Waals surface area contributed by atoms with Gasteiger partial charge in [-0.2, -0.15) is 4.98 Å². The van der Waals surface area contributed by atoms with Gasteiger partial charge in [-0.25, -0.2) is 14.0 Å². The van der Waals surface area contributed by atoms with Gasteiger partial charge in [-0.15, -0.1) is 0 Å². The van der Waals surface area contributed by atoms with Crippen LogP contribution in [0.25, 0.3) is 0 Å². The van der Waals surface area contributed by atoms with Crippen LogP contribution < -0.4 is 11.4 Å². The SMILES string of the molecule is CCOC(=O)C(OCC)n1cc(F)c(N)nc1=O. The van der Waals surface area contributed by atoms with Crippen molar-refractivity contribution < 1.29 is 18.7 Å². The van der Waals surface area contributed by atoms with Crippen LogP contribution in [0.2, 0.25) is 0 Å². The normalized spacial score (nSPS) is 12.2. The summed E-state index contributed by atoms with van der Waals surface area (Å²) in [4.78, 5) is 26.4. The number of nitrogen functional groups attached to an aromatic ring is 1. The predicted molar refractivity (Wildman–Crippen MR) is 60.2 cm³/mol. The van der Waals surface area contributed by atoms with Crippen LogP contribution in [0.4, 0.5) is 10.2 Å². The molecule has 0 radical (unpaired) electrons. The van der Waals surface area contributed by atoms with E-state index >= 15 is 0 Å². The number of halogens is 1. The largest absolute Gasteiger partial charge is 0.463 e. The Balaban J connectivity index is 3.17. The van der Waals surface area contributed by atoms with Crippen molar-refractivity contribution in [3.8, 4) is 0 Å². The van der Waals surface area contributed by atoms with Gasteiger partial charge in [-0.05, 0) is 13.8 Å². The molecular weight excluding hydrogens is 245 g/mol. The molecule has 1 aromatic heterocycles. The lowest BCUT2D eigenvalue weighted by molar-refractivity contribution is -0.163. The van der Waals surface area contributed by atoms with E-state index in [0.29, 0.717) is 4.57 Å². The summed E-state index contributed by atoms with van der Waals surface area (Å²) in [6.07, 6.45) is -0.605. The summed E-state index contributed by atoms with van der Waals surface area (Å²) in [5.74, 6) is -2.24. The van der Waals surface area contributed by atoms with Gasteiger partial charge in [0.15, 0.2) is 11.6 Å². The van der Waals surface area contributed by atoms with Gasteiger partial charge in [0.25, 0.3) is 0 Å². The number of carbonyl (C=O) groups is 1. The molecule has 1 atom stereocenters. The molecule has 18 heavy (non-hydrogen) atoms. The Morgan fingerprint density at radius 3 is 2.78 bits per heavy atom. The van der Waals surface area contributed by atoms with Gasteiger partial charge >= 0.3 is 11.7 Å². The van der Waals surface area contributed by atoms with Gasteiger partial charge in [-0.3, -0.25) is 4.57 Å². The van der Waals surface area contributed by atoms with Crippen molar-refractivity contribution in [2.75, 3.05) is 18.9 Å². The summed E-state index contributed by atoms with van der Waals surface area (Å²) in [5, 5.41) is 0. The van der Waals surface area contributed by atoms with Gasteiger partial charge in [0.1, 0.15) is 0 Å². The standard InChI is InChI=1S/C10H14FN3O4/c1-3-17-8(9(15)18-4-2)14-5-6(11)7(12)13-10(14)16/h5,8H,3-4H2,1-2H3,(H2,12,13,16). The summed E-state index contributed by atoms with van der Waals surface area (Å²) in [6.45, 7) is 3.48. The Morgan fingerprint density at radius 1 is 1.56 bits per heavy atom. The number of rotatable bonds is 5. The molecular formula is C10H14FN3O4. The third-order valence-electron chi connectivity index (χ3n) is 2.00. The molecule has 0 aromatic carbocycles. The molecule has 0 bridgehead atoms. The maximum atomic E-state index is 13.3. The second-order valence-electron chi connectivity index (χ2n) is 3.22. The van der Waals surface area contributed by atoms with E-state index in [1.54, 1.807) is 13.8 Å². The van der Waals surface area contributed by atoms with E-state index in [1.165, 1.54) is 0 Å². The first-order chi connectivity index (χ1) is 8.51. The number of ether oxygens (including phenoxy) is 2. The second kappa shape index (κ2) is 6.10. The number of hydrogen-bond acceptors (Lipinski definition) is 6. The van der Waals surface area contributed by atoms with Gasteiger partial charge in [-0.1, -0.05) is 0 Å². The Kier molecular flexibility index (Phi) is 4.78. The van der Waals surface area contributed by atoms with Crippen molar-refractivity contribution in [2.45, 2.75) is 20.1 Å². The summed E-state index contributed by atoms with van der Waals surface area (Å²) < 4.78 is 23.7. The summed E-state index contributed by atoms with van der Waals surface area (Å²) in [7, 11) is 0. The molecule has 1 unspecified atom stereocenters. The Labute approximate surface area is 102 Å². The van der Waals surface area contributed by atoms with Crippen LogP contribution in [0.5, 0.6) is 0 Å². The van der Waals surface area contributed by atoms with Crippen molar-refractivity contribution in [1.82, 2.24) is 9.55 Å². The molecule has 1 heterocycles. The number of anilines is 1. The number of carbonyl (C=O) groups excluding carboxylic acids is 1. The Morgan fingerprint density at radius 2 is 2.22 bits per heavy atom. The average Bonchev–Trinajstić information content (AvgIpc) is 2.31. The maximum Gasteiger partial charge on any atom is 0.357 e. The molecule has 0 amide bonds. The molecule has 7 nitrogen and oxygen atoms in total. The first kappa shape index (κ1) is 14.1. The fourth-order valence-corrected chi connectivity index (χ4v) is 1.26. The van der Waals surface area contributed by atoms with Crippen molar-refractivity contribution in [3.63, 3.8) is 0 Å². The molecule has 0 aliphatic carbocycles. The minimum Gasteiger partial charge on any atom is -0.463 e. The molecule has 0 aliphatic heterocycles. The maximum absolute atomic E-state index is 13.3. The topological polar surface area (TPSA) is 96.4 Å². The van der Waals surface area contributed by atoms with Gasteiger partial charge in [0.05, 0.1) is 12.8 Å². The average molecular weight is 259 g/mol. The van der Waals surface area contributed by atoms with Gasteiger partial charge in [0, 0.05) is 6.61 Å². The van der Waals surface area contributed by atoms with Crippen LogP contribution in [0.1, 0.15) is 20.1 Å². The fraction of sp³-hybridized carbons (Fsp3) is 0.500. The molecule has 0 aliphatic rings. The van der Waals surface area contributed by atoms with E-state index in [9.17, 15) is 14.0 Å². The van der Waals surface area contributed by atoms with Crippen molar-refractivity contribution in [1.29, 1.82) is 0 Å². The van der Waals surface area contributed by atoms with Crippen molar-refractivity contribution in [2.24, 2.45) is 0 Å². The first-order valence-electron chi connectivity index (χ1n) is 5.33. The molecule has 0 spiro atoms. The lowest BCUT2D eigenvalue weighted by atomic mass is 10.5. The van der Waals surface area contributed by atoms with E-state index in [0.717, 1.165) is 6.20 Å². The number of hydrogen-bond donors (Lipinski definition) is 1. The molecule has 2 N–H and O–H groups in total. The lowest BCUT2D eigenvalue weighted by Gasteiger charge is -2.17. The zero-order chi connectivity index (χ0) is 13.7. The molecule has 0 saturated heterocycles. The monoisotopic (exact) mass is 259 g/mol. The smallest absolute Gasteiger partial charge is 0.357 e. The van der Waals surface area contributed by atoms with Crippen LogP contribution in [0.15, 0.2) is 11.0 Å². The van der Waals surface area contributed by atoms with E-state index in [4.69, 9.17) is 15.2 Å². The predicted octanol–water partition coefficient (Wildman–Crippen LogP) is 0.0628. The Bertz CT molecular complexity index is 489. The van der Waals surface area contributed by atoms with E-state index in [-0.39, 0.29) is 13.2 Å². The third-order valence-corrected chi connectivity index (χ3v) is 2.00. The zero-order valence-electron chi connectivity index (χ0n) is 10.1. The minimum atomic E-state index is -1.37. The zero-order valence-corrected chi connectivity index (χ0v) is 10.1. The summed E-state index contributed by atoms with van der Waals surface area (Å²) in [6, 6.07) is 0. The fourth-order valence-electron chi connectivity index (χ4n) is 1.26. The molecule has 0 saturated carbocycles. The number of nitrogens with zero attached hydrogens (tertiary/aromatic N) is 2. The van der Waals surface area contributed by atoms with E-state index < -0.39 is 29.5 Å². The number of nitrogens with two attached hydrogens (primary N) is 1. The highest BCUT2D eigenvalue weighted by atomic mass is 19.1. The number of aromatic nitrogens is 2. The second-order valence-corrected chi connectivity index (χ2v) is 3.22. The molecule has 8 heteroatoms.